The number of hydrogen-bond acceptors (Lipinski definition) is 6. The minimum Gasteiger partial charge on any atom is -0.508 e. The number of phenols is 1. The number of nitrogens with zero attached hydrogens (tertiary/aromatic N) is 1. The third-order valence-electron chi connectivity index (χ3n) is 6.53. The average Bonchev–Trinajstić information content (AvgIpc) is 2.86. The molecule has 0 heterocycles. The number of rotatable bonds is 11. The minimum atomic E-state index is -1.34. The van der Waals surface area contributed by atoms with Crippen molar-refractivity contribution >= 4 is 23.6 Å². The molecule has 0 bridgehead atoms. The van der Waals surface area contributed by atoms with Crippen LogP contribution < -0.4 is 10.6 Å². The molecule has 0 radical (unpaired) electrons. The van der Waals surface area contributed by atoms with Gasteiger partial charge in [-0.1, -0.05) is 38.1 Å². The molecule has 0 fully saturated rings. The van der Waals surface area contributed by atoms with Crippen LogP contribution in [0.25, 0.3) is 0 Å². The predicted molar refractivity (Wildman–Crippen MR) is 156 cm³/mol. The summed E-state index contributed by atoms with van der Waals surface area (Å²) in [5, 5.41) is 25.8. The zero-order valence-electron chi connectivity index (χ0n) is 24.9. The Labute approximate surface area is 237 Å². The summed E-state index contributed by atoms with van der Waals surface area (Å²) >= 11 is 0. The third kappa shape index (κ3) is 9.26. The maximum absolute atomic E-state index is 14.1. The van der Waals surface area contributed by atoms with Gasteiger partial charge in [0.2, 0.25) is 5.91 Å². The molecule has 3 amide bonds. The van der Waals surface area contributed by atoms with Gasteiger partial charge in [-0.3, -0.25) is 9.59 Å². The van der Waals surface area contributed by atoms with Crippen molar-refractivity contribution in [2.45, 2.75) is 92.0 Å². The first-order valence-electron chi connectivity index (χ1n) is 13.7. The number of ether oxygens (including phenoxy) is 1. The largest absolute Gasteiger partial charge is 0.508 e. The Balaban J connectivity index is 2.61. The van der Waals surface area contributed by atoms with Crippen molar-refractivity contribution in [1.29, 1.82) is 0 Å². The number of alkyl carbamates (subject to hydrolysis) is 1. The molecule has 4 N–H and O–H groups in total. The molecule has 2 aromatic rings. The number of amides is 3. The van der Waals surface area contributed by atoms with Crippen LogP contribution in [0.1, 0.15) is 77.1 Å². The maximum atomic E-state index is 14.1. The van der Waals surface area contributed by atoms with E-state index < -0.39 is 48.2 Å². The van der Waals surface area contributed by atoms with Crippen molar-refractivity contribution in [3.8, 4) is 5.75 Å². The smallest absolute Gasteiger partial charge is 0.408 e. The Morgan fingerprint density at radius 2 is 1.62 bits per heavy atom. The molecule has 2 rings (SSSR count). The second-order valence-electron chi connectivity index (χ2n) is 11.7. The van der Waals surface area contributed by atoms with Crippen LogP contribution in [0.2, 0.25) is 0 Å². The molecule has 3 unspecified atom stereocenters. The Hall–Kier alpha value is -3.59. The highest BCUT2D eigenvalue weighted by molar-refractivity contribution is 5.99. The van der Waals surface area contributed by atoms with E-state index in [0.29, 0.717) is 29.2 Å². The van der Waals surface area contributed by atoms with Crippen LogP contribution in [0.4, 0.5) is 10.5 Å². The van der Waals surface area contributed by atoms with Crippen LogP contribution in [-0.4, -0.2) is 57.3 Å². The quantitative estimate of drug-likeness (QED) is 0.301. The SMILES string of the molecule is Cc1cc(C(C(=O)Nc2ccccc2C)N(C(=O)C(CO)NC(=O)OC(C)(C)C)C(C)CCC(C)C)ccc1O. The second-order valence-corrected chi connectivity index (χ2v) is 11.7. The van der Waals surface area contributed by atoms with Crippen LogP contribution in [0, 0.1) is 19.8 Å². The molecule has 9 heteroatoms. The number of aryl methyl sites for hydroxylation is 2. The maximum Gasteiger partial charge on any atom is 0.408 e. The van der Waals surface area contributed by atoms with Gasteiger partial charge in [-0.2, -0.15) is 0 Å². The molecule has 0 saturated heterocycles. The summed E-state index contributed by atoms with van der Waals surface area (Å²) < 4.78 is 5.31. The minimum absolute atomic E-state index is 0.0624. The fraction of sp³-hybridized carbons (Fsp3) is 0.516. The third-order valence-corrected chi connectivity index (χ3v) is 6.53. The lowest BCUT2D eigenvalue weighted by Gasteiger charge is -2.38. The number of nitrogens with one attached hydrogen (secondary N) is 2. The highest BCUT2D eigenvalue weighted by Crippen LogP contribution is 2.31. The van der Waals surface area contributed by atoms with Crippen molar-refractivity contribution in [2.24, 2.45) is 5.92 Å². The molecule has 0 aliphatic carbocycles. The molecular weight excluding hydrogens is 510 g/mol. The van der Waals surface area contributed by atoms with E-state index in [9.17, 15) is 24.6 Å². The van der Waals surface area contributed by atoms with Gasteiger partial charge >= 0.3 is 6.09 Å². The van der Waals surface area contributed by atoms with Gasteiger partial charge in [-0.05, 0) is 95.2 Å². The zero-order chi connectivity index (χ0) is 30.2. The van der Waals surface area contributed by atoms with E-state index in [4.69, 9.17) is 4.74 Å². The summed E-state index contributed by atoms with van der Waals surface area (Å²) in [7, 11) is 0. The van der Waals surface area contributed by atoms with E-state index in [-0.39, 0.29) is 5.75 Å². The number of aliphatic hydroxyl groups is 1. The first kappa shape index (κ1) is 32.6. The number of benzene rings is 2. The Kier molecular flexibility index (Phi) is 11.5. The van der Waals surface area contributed by atoms with E-state index in [1.54, 1.807) is 45.9 Å². The molecule has 0 aromatic heterocycles. The monoisotopic (exact) mass is 555 g/mol. The molecule has 40 heavy (non-hydrogen) atoms. The number of carbonyl (C=O) groups is 3. The summed E-state index contributed by atoms with van der Waals surface area (Å²) in [5.74, 6) is -0.672. The fourth-order valence-electron chi connectivity index (χ4n) is 4.33. The number of aromatic hydroxyl groups is 1. The number of hydrogen-bond donors (Lipinski definition) is 4. The van der Waals surface area contributed by atoms with Gasteiger partial charge in [0.15, 0.2) is 0 Å². The number of anilines is 1. The van der Waals surface area contributed by atoms with Crippen molar-refractivity contribution < 1.29 is 29.3 Å². The van der Waals surface area contributed by atoms with Gasteiger partial charge < -0.3 is 30.5 Å². The number of para-hydroxylation sites is 1. The second kappa shape index (κ2) is 14.2. The lowest BCUT2D eigenvalue weighted by molar-refractivity contribution is -0.144. The molecule has 3 atom stereocenters. The van der Waals surface area contributed by atoms with Crippen molar-refractivity contribution in [3.05, 3.63) is 59.2 Å². The van der Waals surface area contributed by atoms with Crippen molar-refractivity contribution in [3.63, 3.8) is 0 Å². The van der Waals surface area contributed by atoms with Crippen LogP contribution in [0.3, 0.4) is 0 Å². The highest BCUT2D eigenvalue weighted by atomic mass is 16.6. The van der Waals surface area contributed by atoms with E-state index in [2.05, 4.69) is 24.5 Å². The van der Waals surface area contributed by atoms with E-state index in [1.807, 2.05) is 32.0 Å². The molecule has 0 spiro atoms. The standard InChI is InChI=1S/C31H45N3O6/c1-19(2)13-14-22(5)34(29(38)25(18-35)33-30(39)40-31(6,7)8)27(23-15-16-26(36)21(4)17-23)28(37)32-24-12-10-9-11-20(24)3/h9-12,15-17,19,22,25,27,35-36H,13-14,18H2,1-8H3,(H,32,37)(H,33,39). The van der Waals surface area contributed by atoms with Gasteiger partial charge in [0.1, 0.15) is 23.4 Å². The number of phenolic OH excluding ortho intramolecular Hbond substituents is 1. The molecule has 0 aliphatic heterocycles. The lowest BCUT2D eigenvalue weighted by atomic mass is 9.96. The van der Waals surface area contributed by atoms with Gasteiger partial charge in [-0.25, -0.2) is 4.79 Å². The van der Waals surface area contributed by atoms with Gasteiger partial charge in [-0.15, -0.1) is 0 Å². The molecule has 0 saturated carbocycles. The lowest BCUT2D eigenvalue weighted by Crippen LogP contribution is -2.56. The average molecular weight is 556 g/mol. The van der Waals surface area contributed by atoms with E-state index in [1.165, 1.54) is 11.0 Å². The summed E-state index contributed by atoms with van der Waals surface area (Å²) in [6, 6.07) is 9.18. The first-order chi connectivity index (χ1) is 18.6. The summed E-state index contributed by atoms with van der Waals surface area (Å²) in [4.78, 5) is 42.1. The van der Waals surface area contributed by atoms with Crippen molar-refractivity contribution in [1.82, 2.24) is 10.2 Å². The van der Waals surface area contributed by atoms with Gasteiger partial charge in [0.05, 0.1) is 6.61 Å². The topological polar surface area (TPSA) is 128 Å². The van der Waals surface area contributed by atoms with E-state index in [0.717, 1.165) is 12.0 Å². The normalized spacial score (nSPS) is 13.8. The van der Waals surface area contributed by atoms with E-state index >= 15 is 0 Å². The Morgan fingerprint density at radius 1 is 0.975 bits per heavy atom. The highest BCUT2D eigenvalue weighted by Gasteiger charge is 2.39. The number of carbonyl (C=O) groups excluding carboxylic acids is 3. The first-order valence-corrected chi connectivity index (χ1v) is 13.7. The van der Waals surface area contributed by atoms with Crippen LogP contribution in [0.5, 0.6) is 5.75 Å². The van der Waals surface area contributed by atoms with Gasteiger partial charge in [0, 0.05) is 11.7 Å². The molecule has 2 aromatic carbocycles. The molecule has 0 aliphatic rings. The zero-order valence-corrected chi connectivity index (χ0v) is 24.9. The molecular formula is C31H45N3O6. The summed E-state index contributed by atoms with van der Waals surface area (Å²) in [5.41, 5.74) is 1.67. The molecule has 9 nitrogen and oxygen atoms in total. The van der Waals surface area contributed by atoms with Gasteiger partial charge in [0.25, 0.3) is 5.91 Å². The summed E-state index contributed by atoms with van der Waals surface area (Å²) in [6.45, 7) is 14.0. The van der Waals surface area contributed by atoms with Crippen LogP contribution >= 0.6 is 0 Å². The van der Waals surface area contributed by atoms with Crippen molar-refractivity contribution in [2.75, 3.05) is 11.9 Å². The summed E-state index contributed by atoms with van der Waals surface area (Å²) in [6.07, 6.45) is 0.518. The number of aliphatic hydroxyl groups excluding tert-OH is 1. The fourth-order valence-corrected chi connectivity index (χ4v) is 4.33. The Bertz CT molecular complexity index is 1170. The molecule has 220 valence electrons. The Morgan fingerprint density at radius 3 is 2.17 bits per heavy atom. The van der Waals surface area contributed by atoms with Crippen LogP contribution in [-0.2, 0) is 14.3 Å². The predicted octanol–water partition coefficient (Wildman–Crippen LogP) is 5.23. The van der Waals surface area contributed by atoms with Crippen LogP contribution in [0.15, 0.2) is 42.5 Å².